The van der Waals surface area contributed by atoms with Crippen LogP contribution in [0.4, 0.5) is 11.5 Å². The van der Waals surface area contributed by atoms with Crippen LogP contribution in [0.2, 0.25) is 0 Å². The molecule has 2 aromatic carbocycles. The standard InChI is InChI=1S/C25H28N6/c1-17-6-8-22(20(4)13-17)31-25-21(15-28-31)24(26-16-27-25)30-11-9-29(10-12-30)23-14-18(2)5-7-19(23)3/h5-8,13-16H,9-12H2,1-4H3. The van der Waals surface area contributed by atoms with E-state index in [0.717, 1.165) is 48.7 Å². The Balaban J connectivity index is 1.43. The van der Waals surface area contributed by atoms with E-state index in [9.17, 15) is 0 Å². The molecule has 0 aliphatic carbocycles. The molecule has 0 unspecified atom stereocenters. The number of anilines is 2. The van der Waals surface area contributed by atoms with Gasteiger partial charge in [-0.25, -0.2) is 14.6 Å². The maximum atomic E-state index is 4.67. The van der Waals surface area contributed by atoms with Crippen LogP contribution >= 0.6 is 0 Å². The van der Waals surface area contributed by atoms with E-state index in [2.05, 4.69) is 89.0 Å². The molecule has 5 rings (SSSR count). The third kappa shape index (κ3) is 3.52. The molecule has 0 saturated carbocycles. The van der Waals surface area contributed by atoms with Crippen molar-refractivity contribution in [3.05, 3.63) is 71.2 Å². The normalized spacial score (nSPS) is 14.5. The molecule has 4 aromatic rings. The van der Waals surface area contributed by atoms with Gasteiger partial charge in [-0.05, 0) is 56.5 Å². The first-order chi connectivity index (χ1) is 15.0. The second-order valence-corrected chi connectivity index (χ2v) is 8.54. The first-order valence-electron chi connectivity index (χ1n) is 10.8. The van der Waals surface area contributed by atoms with Crippen LogP contribution in [0, 0.1) is 27.7 Å². The SMILES string of the molecule is Cc1ccc(-n2ncc3c(N4CCN(c5cc(C)ccc5C)CC4)ncnc32)c(C)c1. The van der Waals surface area contributed by atoms with Gasteiger partial charge in [0.15, 0.2) is 5.65 Å². The Morgan fingerprint density at radius 1 is 0.710 bits per heavy atom. The van der Waals surface area contributed by atoms with Crippen LogP contribution in [0.3, 0.4) is 0 Å². The first-order valence-corrected chi connectivity index (χ1v) is 10.8. The third-order valence-corrected chi connectivity index (χ3v) is 6.21. The molecule has 0 bridgehead atoms. The summed E-state index contributed by atoms with van der Waals surface area (Å²) in [5, 5.41) is 5.67. The lowest BCUT2D eigenvalue weighted by molar-refractivity contribution is 0.647. The van der Waals surface area contributed by atoms with Crippen molar-refractivity contribution in [2.24, 2.45) is 0 Å². The highest BCUT2D eigenvalue weighted by Gasteiger charge is 2.22. The molecule has 6 heteroatoms. The predicted molar refractivity (Wildman–Crippen MR) is 126 cm³/mol. The van der Waals surface area contributed by atoms with E-state index in [1.807, 2.05) is 10.9 Å². The van der Waals surface area contributed by atoms with Crippen LogP contribution < -0.4 is 9.80 Å². The second-order valence-electron chi connectivity index (χ2n) is 8.54. The van der Waals surface area contributed by atoms with E-state index in [0.29, 0.717) is 0 Å². The molecule has 1 saturated heterocycles. The number of hydrogen-bond donors (Lipinski definition) is 0. The molecule has 31 heavy (non-hydrogen) atoms. The number of piperazine rings is 1. The summed E-state index contributed by atoms with van der Waals surface area (Å²) in [5.74, 6) is 0.974. The molecule has 0 radical (unpaired) electrons. The molecule has 158 valence electrons. The van der Waals surface area contributed by atoms with Gasteiger partial charge in [0.1, 0.15) is 12.1 Å². The zero-order chi connectivity index (χ0) is 21.5. The minimum absolute atomic E-state index is 0.855. The van der Waals surface area contributed by atoms with E-state index < -0.39 is 0 Å². The lowest BCUT2D eigenvalue weighted by atomic mass is 10.1. The maximum Gasteiger partial charge on any atom is 0.168 e. The van der Waals surface area contributed by atoms with Crippen LogP contribution in [0.5, 0.6) is 0 Å². The number of aryl methyl sites for hydroxylation is 4. The fraction of sp³-hybridized carbons (Fsp3) is 0.320. The van der Waals surface area contributed by atoms with Gasteiger partial charge in [0.2, 0.25) is 0 Å². The summed E-state index contributed by atoms with van der Waals surface area (Å²) >= 11 is 0. The minimum Gasteiger partial charge on any atom is -0.368 e. The fourth-order valence-electron chi connectivity index (χ4n) is 4.52. The minimum atomic E-state index is 0.855. The summed E-state index contributed by atoms with van der Waals surface area (Å²) in [6.07, 6.45) is 3.57. The topological polar surface area (TPSA) is 50.1 Å². The molecule has 3 heterocycles. The summed E-state index contributed by atoms with van der Waals surface area (Å²) < 4.78 is 1.93. The van der Waals surface area contributed by atoms with Crippen LogP contribution in [-0.4, -0.2) is 45.9 Å². The van der Waals surface area contributed by atoms with Crippen molar-refractivity contribution in [3.63, 3.8) is 0 Å². The molecule has 0 spiro atoms. The quantitative estimate of drug-likeness (QED) is 0.500. The molecule has 0 atom stereocenters. The molecule has 6 nitrogen and oxygen atoms in total. The number of rotatable bonds is 3. The van der Waals surface area contributed by atoms with E-state index in [-0.39, 0.29) is 0 Å². The summed E-state index contributed by atoms with van der Waals surface area (Å²) in [4.78, 5) is 14.1. The average Bonchev–Trinajstić information content (AvgIpc) is 3.20. The highest BCUT2D eigenvalue weighted by molar-refractivity contribution is 5.88. The van der Waals surface area contributed by atoms with E-state index >= 15 is 0 Å². The summed E-state index contributed by atoms with van der Waals surface area (Å²) in [5.41, 5.74) is 8.33. The highest BCUT2D eigenvalue weighted by atomic mass is 15.3. The largest absolute Gasteiger partial charge is 0.368 e. The summed E-state index contributed by atoms with van der Waals surface area (Å²) in [6.45, 7) is 12.4. The summed E-state index contributed by atoms with van der Waals surface area (Å²) in [7, 11) is 0. The molecule has 1 aliphatic heterocycles. The van der Waals surface area contributed by atoms with Crippen LogP contribution in [-0.2, 0) is 0 Å². The van der Waals surface area contributed by atoms with Gasteiger partial charge in [-0.15, -0.1) is 0 Å². The molecule has 2 aromatic heterocycles. The monoisotopic (exact) mass is 412 g/mol. The van der Waals surface area contributed by atoms with Crippen LogP contribution in [0.1, 0.15) is 22.3 Å². The Morgan fingerprint density at radius 2 is 1.42 bits per heavy atom. The molecule has 0 amide bonds. The molecule has 1 aliphatic rings. The zero-order valence-electron chi connectivity index (χ0n) is 18.6. The summed E-state index contributed by atoms with van der Waals surface area (Å²) in [6, 6.07) is 13.1. The number of benzene rings is 2. The van der Waals surface area contributed by atoms with E-state index in [1.165, 1.54) is 27.9 Å². The Kier molecular flexibility index (Phi) is 4.85. The van der Waals surface area contributed by atoms with Gasteiger partial charge < -0.3 is 9.80 Å². The van der Waals surface area contributed by atoms with Gasteiger partial charge in [0.25, 0.3) is 0 Å². The van der Waals surface area contributed by atoms with Crippen molar-refractivity contribution < 1.29 is 0 Å². The predicted octanol–water partition coefficient (Wildman–Crippen LogP) is 4.38. The Bertz CT molecular complexity index is 1250. The van der Waals surface area contributed by atoms with Gasteiger partial charge in [0, 0.05) is 31.9 Å². The lowest BCUT2D eigenvalue weighted by Gasteiger charge is -2.37. The van der Waals surface area contributed by atoms with Crippen molar-refractivity contribution in [1.29, 1.82) is 0 Å². The number of hydrogen-bond acceptors (Lipinski definition) is 5. The molecule has 0 N–H and O–H groups in total. The van der Waals surface area contributed by atoms with E-state index in [4.69, 9.17) is 0 Å². The molecular formula is C25H28N6. The molecular weight excluding hydrogens is 384 g/mol. The van der Waals surface area contributed by atoms with Crippen LogP contribution in [0.15, 0.2) is 48.9 Å². The van der Waals surface area contributed by atoms with Gasteiger partial charge in [-0.1, -0.05) is 29.8 Å². The number of nitrogens with zero attached hydrogens (tertiary/aromatic N) is 6. The second kappa shape index (κ2) is 7.69. The number of aromatic nitrogens is 4. The fourth-order valence-corrected chi connectivity index (χ4v) is 4.52. The van der Waals surface area contributed by atoms with Crippen molar-refractivity contribution >= 4 is 22.5 Å². The van der Waals surface area contributed by atoms with Crippen molar-refractivity contribution in [2.45, 2.75) is 27.7 Å². The van der Waals surface area contributed by atoms with Crippen molar-refractivity contribution in [3.8, 4) is 5.69 Å². The van der Waals surface area contributed by atoms with Gasteiger partial charge in [0.05, 0.1) is 17.3 Å². The Hall–Kier alpha value is -3.41. The number of fused-ring (bicyclic) bond motifs is 1. The third-order valence-electron chi connectivity index (χ3n) is 6.21. The van der Waals surface area contributed by atoms with Crippen LogP contribution in [0.25, 0.3) is 16.7 Å². The zero-order valence-corrected chi connectivity index (χ0v) is 18.6. The highest BCUT2D eigenvalue weighted by Crippen LogP contribution is 2.28. The van der Waals surface area contributed by atoms with Gasteiger partial charge >= 0.3 is 0 Å². The Morgan fingerprint density at radius 3 is 2.19 bits per heavy atom. The average molecular weight is 413 g/mol. The lowest BCUT2D eigenvalue weighted by Crippen LogP contribution is -2.47. The first kappa shape index (κ1) is 19.5. The molecule has 1 fully saturated rings. The van der Waals surface area contributed by atoms with E-state index in [1.54, 1.807) is 6.33 Å². The van der Waals surface area contributed by atoms with Gasteiger partial charge in [-0.2, -0.15) is 5.10 Å². The maximum absolute atomic E-state index is 4.67. The van der Waals surface area contributed by atoms with Gasteiger partial charge in [-0.3, -0.25) is 0 Å². The smallest absolute Gasteiger partial charge is 0.168 e. The van der Waals surface area contributed by atoms with Crippen molar-refractivity contribution in [2.75, 3.05) is 36.0 Å². The Labute approximate surface area is 183 Å². The van der Waals surface area contributed by atoms with Crippen molar-refractivity contribution in [1.82, 2.24) is 19.7 Å².